The van der Waals surface area contributed by atoms with Crippen molar-refractivity contribution in [1.29, 1.82) is 0 Å². The normalized spacial score (nSPS) is 12.2. The summed E-state index contributed by atoms with van der Waals surface area (Å²) in [6.45, 7) is 3.47. The van der Waals surface area contributed by atoms with Crippen LogP contribution in [0.5, 0.6) is 0 Å². The number of rotatable bonds is 11. The van der Waals surface area contributed by atoms with Crippen LogP contribution in [-0.2, 0) is 26.2 Å². The first-order chi connectivity index (χ1) is 16.0. The molecule has 0 spiro atoms. The van der Waals surface area contributed by atoms with Crippen molar-refractivity contribution in [2.45, 2.75) is 39.3 Å². The molecule has 2 amide bonds. The van der Waals surface area contributed by atoms with Crippen molar-refractivity contribution in [3.05, 3.63) is 63.9 Å². The largest absolute Gasteiger partial charge is 0.354 e. The van der Waals surface area contributed by atoms with E-state index in [1.54, 1.807) is 6.92 Å². The average Bonchev–Trinajstić information content (AvgIpc) is 2.78. The van der Waals surface area contributed by atoms with Crippen LogP contribution in [-0.4, -0.2) is 50.5 Å². The first kappa shape index (κ1) is 27.9. The van der Waals surface area contributed by atoms with Crippen LogP contribution in [0.4, 0.5) is 10.1 Å². The minimum Gasteiger partial charge on any atom is -0.354 e. The van der Waals surface area contributed by atoms with Gasteiger partial charge in [-0.05, 0) is 42.7 Å². The number of amides is 2. The molecule has 2 aromatic rings. The maximum Gasteiger partial charge on any atom is 0.244 e. The van der Waals surface area contributed by atoms with Crippen LogP contribution >= 0.6 is 23.2 Å². The van der Waals surface area contributed by atoms with E-state index in [0.29, 0.717) is 24.9 Å². The smallest absolute Gasteiger partial charge is 0.244 e. The number of nitrogens with one attached hydrogen (secondary N) is 1. The van der Waals surface area contributed by atoms with Gasteiger partial charge in [0.25, 0.3) is 0 Å². The third-order valence-electron chi connectivity index (χ3n) is 5.08. The number of carbonyl (C=O) groups is 2. The molecule has 0 fully saturated rings. The zero-order valence-electron chi connectivity index (χ0n) is 19.2. The molecule has 7 nitrogen and oxygen atoms in total. The molecule has 2 aromatic carbocycles. The van der Waals surface area contributed by atoms with Gasteiger partial charge >= 0.3 is 0 Å². The van der Waals surface area contributed by atoms with E-state index in [9.17, 15) is 22.4 Å². The summed E-state index contributed by atoms with van der Waals surface area (Å²) >= 11 is 12.3. The summed E-state index contributed by atoms with van der Waals surface area (Å²) in [4.78, 5) is 27.6. The molecule has 34 heavy (non-hydrogen) atoms. The Balaban J connectivity index is 2.46. The summed E-state index contributed by atoms with van der Waals surface area (Å²) < 4.78 is 39.4. The highest BCUT2D eigenvalue weighted by molar-refractivity contribution is 7.92. The fourth-order valence-corrected chi connectivity index (χ4v) is 4.65. The van der Waals surface area contributed by atoms with Crippen molar-refractivity contribution in [2.75, 3.05) is 23.7 Å². The lowest BCUT2D eigenvalue weighted by atomic mass is 10.1. The highest BCUT2D eigenvalue weighted by Crippen LogP contribution is 2.33. The number of hydrogen-bond donors (Lipinski definition) is 1. The predicted octanol–water partition coefficient (Wildman–Crippen LogP) is 4.23. The van der Waals surface area contributed by atoms with Crippen LogP contribution in [0.25, 0.3) is 0 Å². The second-order valence-electron chi connectivity index (χ2n) is 7.71. The van der Waals surface area contributed by atoms with Gasteiger partial charge in [-0.1, -0.05) is 55.2 Å². The van der Waals surface area contributed by atoms with Gasteiger partial charge in [0.1, 0.15) is 18.4 Å². The van der Waals surface area contributed by atoms with Gasteiger partial charge in [-0.25, -0.2) is 12.8 Å². The Kier molecular flexibility index (Phi) is 10.1. The third kappa shape index (κ3) is 7.32. The van der Waals surface area contributed by atoms with E-state index in [-0.39, 0.29) is 28.2 Å². The van der Waals surface area contributed by atoms with E-state index in [1.807, 2.05) is 6.92 Å². The van der Waals surface area contributed by atoms with Gasteiger partial charge < -0.3 is 10.2 Å². The van der Waals surface area contributed by atoms with E-state index in [4.69, 9.17) is 23.2 Å². The number of nitrogens with zero attached hydrogens (tertiary/aromatic N) is 2. The van der Waals surface area contributed by atoms with Crippen molar-refractivity contribution in [2.24, 2.45) is 0 Å². The van der Waals surface area contributed by atoms with E-state index < -0.39 is 34.3 Å². The van der Waals surface area contributed by atoms with E-state index >= 15 is 0 Å². The lowest BCUT2D eigenvalue weighted by molar-refractivity contribution is -0.140. The van der Waals surface area contributed by atoms with Crippen molar-refractivity contribution >= 4 is 50.7 Å². The first-order valence-electron chi connectivity index (χ1n) is 10.7. The molecule has 11 heteroatoms. The number of benzene rings is 2. The third-order valence-corrected chi connectivity index (χ3v) is 7.02. The van der Waals surface area contributed by atoms with Crippen molar-refractivity contribution < 1.29 is 22.4 Å². The molecular formula is C23H28Cl2FN3O4S. The second-order valence-corrected chi connectivity index (χ2v) is 10.4. The van der Waals surface area contributed by atoms with Gasteiger partial charge in [0, 0.05) is 13.1 Å². The summed E-state index contributed by atoms with van der Waals surface area (Å²) in [5.74, 6) is -1.41. The maximum atomic E-state index is 13.5. The molecule has 1 atom stereocenters. The molecule has 0 aliphatic carbocycles. The fraction of sp³-hybridized carbons (Fsp3) is 0.391. The molecule has 0 saturated carbocycles. The Morgan fingerprint density at radius 2 is 1.74 bits per heavy atom. The predicted molar refractivity (Wildman–Crippen MR) is 133 cm³/mol. The molecule has 0 unspecified atom stereocenters. The fourth-order valence-electron chi connectivity index (χ4n) is 3.35. The van der Waals surface area contributed by atoms with Gasteiger partial charge in [0.15, 0.2) is 0 Å². The van der Waals surface area contributed by atoms with Crippen molar-refractivity contribution in [3.8, 4) is 0 Å². The SMILES string of the molecule is CCCNC(=O)[C@@H](CC)N(Cc1ccc(F)cc1)C(=O)CN(c1cccc(Cl)c1Cl)S(C)(=O)=O. The molecule has 2 rings (SSSR count). The van der Waals surface area contributed by atoms with Crippen LogP contribution in [0.2, 0.25) is 10.0 Å². The number of hydrogen-bond acceptors (Lipinski definition) is 4. The number of anilines is 1. The quantitative estimate of drug-likeness (QED) is 0.469. The van der Waals surface area contributed by atoms with Crippen molar-refractivity contribution in [3.63, 3.8) is 0 Å². The van der Waals surface area contributed by atoms with E-state index in [1.165, 1.54) is 47.4 Å². The monoisotopic (exact) mass is 531 g/mol. The molecule has 0 heterocycles. The number of carbonyl (C=O) groups excluding carboxylic acids is 2. The molecule has 0 radical (unpaired) electrons. The highest BCUT2D eigenvalue weighted by atomic mass is 35.5. The van der Waals surface area contributed by atoms with Crippen LogP contribution in [0.1, 0.15) is 32.3 Å². The van der Waals surface area contributed by atoms with Crippen LogP contribution in [0, 0.1) is 5.82 Å². The Morgan fingerprint density at radius 3 is 2.29 bits per heavy atom. The summed E-state index contributed by atoms with van der Waals surface area (Å²) in [6, 6.07) is 9.13. The molecule has 0 aliphatic rings. The Morgan fingerprint density at radius 1 is 1.09 bits per heavy atom. The minimum atomic E-state index is -3.94. The highest BCUT2D eigenvalue weighted by Gasteiger charge is 2.32. The summed E-state index contributed by atoms with van der Waals surface area (Å²) in [5.41, 5.74) is 0.637. The van der Waals surface area contributed by atoms with E-state index in [2.05, 4.69) is 5.32 Å². The van der Waals surface area contributed by atoms with Crippen LogP contribution in [0.15, 0.2) is 42.5 Å². The van der Waals surface area contributed by atoms with Gasteiger partial charge in [0.2, 0.25) is 21.8 Å². The molecular weight excluding hydrogens is 504 g/mol. The molecule has 186 valence electrons. The second kappa shape index (κ2) is 12.4. The Labute approximate surface area is 209 Å². The topological polar surface area (TPSA) is 86.8 Å². The zero-order chi connectivity index (χ0) is 25.5. The molecule has 0 aromatic heterocycles. The molecule has 0 saturated heterocycles. The van der Waals surface area contributed by atoms with Gasteiger partial charge in [-0.15, -0.1) is 0 Å². The van der Waals surface area contributed by atoms with Crippen LogP contribution < -0.4 is 9.62 Å². The summed E-state index contributed by atoms with van der Waals surface area (Å²) in [6.07, 6.45) is 1.95. The number of sulfonamides is 1. The summed E-state index contributed by atoms with van der Waals surface area (Å²) in [7, 11) is -3.94. The zero-order valence-corrected chi connectivity index (χ0v) is 21.6. The van der Waals surface area contributed by atoms with E-state index in [0.717, 1.165) is 10.6 Å². The van der Waals surface area contributed by atoms with Gasteiger partial charge in [-0.3, -0.25) is 13.9 Å². The van der Waals surface area contributed by atoms with Gasteiger partial charge in [-0.2, -0.15) is 0 Å². The first-order valence-corrected chi connectivity index (χ1v) is 13.3. The summed E-state index contributed by atoms with van der Waals surface area (Å²) in [5, 5.41) is 2.90. The Bertz CT molecular complexity index is 1110. The van der Waals surface area contributed by atoms with Gasteiger partial charge in [0.05, 0.1) is 22.0 Å². The average molecular weight is 532 g/mol. The number of halogens is 3. The van der Waals surface area contributed by atoms with Crippen LogP contribution in [0.3, 0.4) is 0 Å². The lowest BCUT2D eigenvalue weighted by Gasteiger charge is -2.33. The Hall–Kier alpha value is -2.36. The standard InChI is InChI=1S/C23H28Cl2FN3O4S/c1-4-13-27-23(31)19(5-2)28(14-16-9-11-17(26)12-10-16)21(30)15-29(34(3,32)33)20-8-6-7-18(24)22(20)25/h6-12,19H,4-5,13-15H2,1-3H3,(H,27,31)/t19-/m1/s1. The maximum absolute atomic E-state index is 13.5. The lowest BCUT2D eigenvalue weighted by Crippen LogP contribution is -2.52. The molecule has 0 bridgehead atoms. The molecule has 1 N–H and O–H groups in total. The minimum absolute atomic E-state index is 0.0137. The van der Waals surface area contributed by atoms with Crippen molar-refractivity contribution in [1.82, 2.24) is 10.2 Å². The molecule has 0 aliphatic heterocycles.